The van der Waals surface area contributed by atoms with E-state index in [0.29, 0.717) is 32.0 Å². The van der Waals surface area contributed by atoms with Crippen LogP contribution in [0.25, 0.3) is 0 Å². The molecule has 412 valence electrons. The summed E-state index contributed by atoms with van der Waals surface area (Å²) in [4.78, 5) is 64.7. The molecule has 0 aromatic heterocycles. The number of hydrogen-bond acceptors (Lipinski definition) is 16. The van der Waals surface area contributed by atoms with Gasteiger partial charge in [-0.3, -0.25) is 19.2 Å². The Labute approximate surface area is 478 Å². The second-order valence-corrected chi connectivity index (χ2v) is 19.5. The molecule has 73 heavy (non-hydrogen) atoms. The maximum absolute atomic E-state index is 11.6. The second-order valence-electron chi connectivity index (χ2n) is 19.5. The molecule has 0 saturated heterocycles. The van der Waals surface area contributed by atoms with Crippen LogP contribution in [0.2, 0.25) is 0 Å². The summed E-state index contributed by atoms with van der Waals surface area (Å²) in [6.07, 6.45) is 25.6. The number of Topliss-reactive ketones (excluding diaryl/α,β-unsaturated/α-hetero) is 1. The zero-order chi connectivity index (χ0) is 54.1. The summed E-state index contributed by atoms with van der Waals surface area (Å²) in [5.74, 6) is -3.09. The monoisotopic (exact) mass is 1060 g/mol. The van der Waals surface area contributed by atoms with Crippen molar-refractivity contribution in [2.75, 3.05) is 33.0 Å². The largest absolute Gasteiger partial charge is 1.00 e. The van der Waals surface area contributed by atoms with E-state index in [1.807, 2.05) is 19.9 Å². The molecule has 2 unspecified atom stereocenters. The van der Waals surface area contributed by atoms with E-state index in [9.17, 15) is 33.9 Å². The summed E-state index contributed by atoms with van der Waals surface area (Å²) in [6, 6.07) is 5.76. The number of rotatable bonds is 12. The molecule has 0 aromatic carbocycles. The Bertz CT molecular complexity index is 1700. The van der Waals surface area contributed by atoms with Gasteiger partial charge < -0.3 is 45.2 Å². The number of carbonyl (C=O) groups is 6. The van der Waals surface area contributed by atoms with Gasteiger partial charge >= 0.3 is 81.2 Å². The molecule has 0 bridgehead atoms. The van der Waals surface area contributed by atoms with Crippen LogP contribution >= 0.6 is 0 Å². The quantitative estimate of drug-likeness (QED) is 0.0451. The maximum atomic E-state index is 11.6. The number of carboxylic acid groups (broad SMARTS) is 2. The summed E-state index contributed by atoms with van der Waals surface area (Å²) >= 11 is 0. The van der Waals surface area contributed by atoms with Crippen molar-refractivity contribution in [3.8, 4) is 18.2 Å². The number of ketones is 1. The molecule has 0 aliphatic heterocycles. The standard InChI is InChI=1S/C12H19NO2.C11H15NO2.C9H16O3.C9H16O2.C6H10O.C5H7NO2.C2H6O2.K.H2O/c1-3-15-11(14)10(9-13)12(2)7-5-4-6-8-12;1-2-14-11(13)10(8-12)9-6-4-3-5-7-9;1-9(7(10)8(11)12)5-3-2-4-6-9;1-9(7-8(10)11)5-3-2-4-6-9;7-6-4-2-1-3-5-6;1-2-8-5(7)3-4-6;3-1-2-4;;/h10H,3-8H2,1-2H3;2-7H2,1H3;7,10H,2-6H2,1H3,(H,11,12);2-7H2,1H3,(H,10,11);1-5H2;2-3H2,1H3;3-4H,1-2H2;;1H2/q;;;;;;;+1;/p-1. The first-order valence-electron chi connectivity index (χ1n) is 26.0. The van der Waals surface area contributed by atoms with E-state index in [-0.39, 0.29) is 104 Å². The summed E-state index contributed by atoms with van der Waals surface area (Å²) in [5, 5.41) is 67.8. The number of ether oxygens (including phenoxy) is 3. The molecule has 5 fully saturated rings. The second kappa shape index (κ2) is 46.0. The minimum Gasteiger partial charge on any atom is -0.870 e. The van der Waals surface area contributed by atoms with E-state index in [0.717, 1.165) is 121 Å². The topological polar surface area (TPSA) is 333 Å². The van der Waals surface area contributed by atoms with Crippen LogP contribution in [0.15, 0.2) is 11.1 Å². The number of allylic oxidation sites excluding steroid dienone is 1. The normalized spacial score (nSPS) is 18.4. The number of nitrogens with zero attached hydrogens (tertiary/aromatic N) is 3. The molecule has 2 atom stereocenters. The maximum Gasteiger partial charge on any atom is 1.00 e. The zero-order valence-electron chi connectivity index (χ0n) is 45.5. The third-order valence-electron chi connectivity index (χ3n) is 13.3. The van der Waals surface area contributed by atoms with Crippen molar-refractivity contribution in [1.29, 1.82) is 15.8 Å². The van der Waals surface area contributed by atoms with E-state index in [4.69, 9.17) is 45.7 Å². The summed E-state index contributed by atoms with van der Waals surface area (Å²) in [5.41, 5.74) is 0.775. The van der Waals surface area contributed by atoms with Crippen LogP contribution < -0.4 is 51.4 Å². The van der Waals surface area contributed by atoms with Gasteiger partial charge in [0.15, 0.2) is 6.10 Å². The Hall–Kier alpha value is -3.29. The molecule has 5 rings (SSSR count). The molecule has 0 radical (unpaired) electrons. The SMILES string of the molecule is CC1(C(O)C(=O)O)CCCCC1.CC1(CC(=O)O)CCCCC1.CCOC(=O)C(C#N)=C1CCCCC1.CCOC(=O)C(C#N)C1(C)CCCCC1.CCOC(=O)CC#N.O=C1CCCCC1.OCCO.[K+].[OH-]. The Morgan fingerprint density at radius 2 is 1.03 bits per heavy atom. The molecule has 5 aliphatic carbocycles. The van der Waals surface area contributed by atoms with Crippen LogP contribution in [0.1, 0.15) is 215 Å². The number of esters is 3. The Balaban J connectivity index is -0.000000389. The molecule has 18 nitrogen and oxygen atoms in total. The first-order chi connectivity index (χ1) is 33.7. The number of aliphatic hydroxyl groups excluding tert-OH is 3. The molecule has 0 heterocycles. The van der Waals surface area contributed by atoms with Gasteiger partial charge in [0.2, 0.25) is 0 Å². The van der Waals surface area contributed by atoms with Crippen LogP contribution in [0.3, 0.4) is 0 Å². The molecule has 19 heteroatoms. The molecule has 5 aliphatic rings. The fraction of sp³-hybridized carbons (Fsp3) is 0.796. The Kier molecular flexibility index (Phi) is 48.1. The smallest absolute Gasteiger partial charge is 0.870 e. The molecule has 0 spiro atoms. The van der Waals surface area contributed by atoms with Gasteiger partial charge in [-0.05, 0) is 114 Å². The van der Waals surface area contributed by atoms with Crippen molar-refractivity contribution < 1.29 is 125 Å². The van der Waals surface area contributed by atoms with Gasteiger partial charge in [-0.25, -0.2) is 9.59 Å². The van der Waals surface area contributed by atoms with Crippen LogP contribution in [-0.2, 0) is 43.0 Å². The van der Waals surface area contributed by atoms with Gasteiger partial charge in [0.05, 0.1) is 51.6 Å². The van der Waals surface area contributed by atoms with Crippen molar-refractivity contribution in [3.63, 3.8) is 0 Å². The van der Waals surface area contributed by atoms with Gasteiger partial charge in [-0.1, -0.05) is 91.4 Å². The van der Waals surface area contributed by atoms with Crippen LogP contribution in [0.4, 0.5) is 0 Å². The van der Waals surface area contributed by atoms with Crippen molar-refractivity contribution in [1.82, 2.24) is 0 Å². The molecular formula is C54H90KN3O15. The van der Waals surface area contributed by atoms with Crippen molar-refractivity contribution in [2.24, 2.45) is 22.2 Å². The van der Waals surface area contributed by atoms with Crippen LogP contribution in [0.5, 0.6) is 0 Å². The van der Waals surface area contributed by atoms with Gasteiger partial charge in [0, 0.05) is 18.3 Å². The predicted molar refractivity (Wildman–Crippen MR) is 269 cm³/mol. The minimum atomic E-state index is -1.18. The van der Waals surface area contributed by atoms with Crippen molar-refractivity contribution in [3.05, 3.63) is 11.1 Å². The number of hydrogen-bond donors (Lipinski definition) is 5. The number of aliphatic hydroxyl groups is 3. The number of carbonyl (C=O) groups excluding carboxylic acids is 4. The van der Waals surface area contributed by atoms with E-state index in [2.05, 4.69) is 17.7 Å². The number of carboxylic acids is 2. The first-order valence-corrected chi connectivity index (χ1v) is 26.0. The van der Waals surface area contributed by atoms with E-state index in [1.165, 1.54) is 44.9 Å². The fourth-order valence-corrected chi connectivity index (χ4v) is 9.17. The summed E-state index contributed by atoms with van der Waals surface area (Å²) < 4.78 is 14.2. The van der Waals surface area contributed by atoms with Crippen LogP contribution in [-0.4, -0.2) is 106 Å². The van der Waals surface area contributed by atoms with E-state index in [1.54, 1.807) is 26.8 Å². The molecule has 6 N–H and O–H groups in total. The van der Waals surface area contributed by atoms with Crippen molar-refractivity contribution >= 4 is 35.6 Å². The van der Waals surface area contributed by atoms with Gasteiger partial charge in [-0.2, -0.15) is 15.8 Å². The van der Waals surface area contributed by atoms with E-state index >= 15 is 0 Å². The summed E-state index contributed by atoms with van der Waals surface area (Å²) in [7, 11) is 0. The zero-order valence-corrected chi connectivity index (χ0v) is 48.6. The Morgan fingerprint density at radius 3 is 1.37 bits per heavy atom. The van der Waals surface area contributed by atoms with Crippen molar-refractivity contribution in [2.45, 2.75) is 221 Å². The molecule has 0 amide bonds. The first kappa shape index (κ1) is 76.2. The minimum absolute atomic E-state index is 0. The summed E-state index contributed by atoms with van der Waals surface area (Å²) in [6.45, 7) is 12.0. The average Bonchev–Trinajstić information content (AvgIpc) is 3.34. The third-order valence-corrected chi connectivity index (χ3v) is 13.3. The number of aliphatic carboxylic acids is 2. The van der Waals surface area contributed by atoms with Crippen LogP contribution in [0, 0.1) is 56.2 Å². The molecule has 0 aromatic rings. The average molecular weight is 1060 g/mol. The molecule has 5 saturated carbocycles. The number of nitriles is 3. The van der Waals surface area contributed by atoms with Gasteiger partial charge in [-0.15, -0.1) is 0 Å². The van der Waals surface area contributed by atoms with Gasteiger partial charge in [0.25, 0.3) is 0 Å². The van der Waals surface area contributed by atoms with E-state index < -0.39 is 35.9 Å². The molecular weight excluding hydrogens is 970 g/mol. The fourth-order valence-electron chi connectivity index (χ4n) is 9.17. The van der Waals surface area contributed by atoms with Gasteiger partial charge in [0.1, 0.15) is 29.8 Å². The predicted octanol–water partition coefficient (Wildman–Crippen LogP) is 6.61. The Morgan fingerprint density at radius 1 is 0.616 bits per heavy atom. The third kappa shape index (κ3) is 35.6.